The van der Waals surface area contributed by atoms with E-state index in [0.717, 1.165) is 6.54 Å². The van der Waals surface area contributed by atoms with E-state index in [1.165, 1.54) is 0 Å². The van der Waals surface area contributed by atoms with Crippen LogP contribution in [0.3, 0.4) is 0 Å². The first-order chi connectivity index (χ1) is 10.8. The summed E-state index contributed by atoms with van der Waals surface area (Å²) in [4.78, 5) is 20.9. The Balaban J connectivity index is 2.16. The van der Waals surface area contributed by atoms with Crippen molar-refractivity contribution in [3.8, 4) is 0 Å². The standard InChI is InChI=1S/C16H18Cl2N4O/c1-9(2)8-19-16-20-10(3)6-14(22-16)15(23)21-11-4-5-12(17)13(18)7-11/h4-7,9H,8H2,1-3H3,(H,21,23)(H,19,20,22). The van der Waals surface area contributed by atoms with E-state index in [0.29, 0.717) is 33.3 Å². The van der Waals surface area contributed by atoms with Gasteiger partial charge in [-0.05, 0) is 37.1 Å². The fourth-order valence-electron chi connectivity index (χ4n) is 1.83. The summed E-state index contributed by atoms with van der Waals surface area (Å²) in [5.41, 5.74) is 1.55. The van der Waals surface area contributed by atoms with Gasteiger partial charge in [0.2, 0.25) is 5.95 Å². The smallest absolute Gasteiger partial charge is 0.274 e. The number of carbonyl (C=O) groups is 1. The molecule has 0 saturated heterocycles. The van der Waals surface area contributed by atoms with Crippen molar-refractivity contribution in [1.82, 2.24) is 9.97 Å². The van der Waals surface area contributed by atoms with Crippen molar-refractivity contribution in [1.29, 1.82) is 0 Å². The van der Waals surface area contributed by atoms with Crippen molar-refractivity contribution < 1.29 is 4.79 Å². The van der Waals surface area contributed by atoms with Crippen molar-refractivity contribution >= 4 is 40.7 Å². The molecule has 2 aromatic rings. The summed E-state index contributed by atoms with van der Waals surface area (Å²) < 4.78 is 0. The number of hydrogen-bond acceptors (Lipinski definition) is 4. The van der Waals surface area contributed by atoms with E-state index in [9.17, 15) is 4.79 Å². The van der Waals surface area contributed by atoms with Gasteiger partial charge in [-0.3, -0.25) is 4.79 Å². The number of anilines is 2. The average molecular weight is 353 g/mol. The maximum atomic E-state index is 12.3. The lowest BCUT2D eigenvalue weighted by atomic mass is 10.2. The number of aromatic nitrogens is 2. The molecule has 0 atom stereocenters. The maximum Gasteiger partial charge on any atom is 0.274 e. The summed E-state index contributed by atoms with van der Waals surface area (Å²) in [5.74, 6) is 0.562. The lowest BCUT2D eigenvalue weighted by Crippen LogP contribution is -2.17. The molecular formula is C16H18Cl2N4O. The van der Waals surface area contributed by atoms with Crippen LogP contribution < -0.4 is 10.6 Å². The highest BCUT2D eigenvalue weighted by Crippen LogP contribution is 2.25. The van der Waals surface area contributed by atoms with Crippen molar-refractivity contribution in [3.05, 3.63) is 45.7 Å². The maximum absolute atomic E-state index is 12.3. The molecule has 1 amide bonds. The molecule has 7 heteroatoms. The number of nitrogens with zero attached hydrogens (tertiary/aromatic N) is 2. The molecule has 0 aliphatic heterocycles. The summed E-state index contributed by atoms with van der Waals surface area (Å²) >= 11 is 11.8. The molecule has 0 aliphatic rings. The first kappa shape index (κ1) is 17.5. The van der Waals surface area contributed by atoms with Gasteiger partial charge in [0, 0.05) is 17.9 Å². The molecule has 23 heavy (non-hydrogen) atoms. The molecule has 122 valence electrons. The number of benzene rings is 1. The Morgan fingerprint density at radius 3 is 2.57 bits per heavy atom. The van der Waals surface area contributed by atoms with E-state index in [1.54, 1.807) is 24.3 Å². The zero-order valence-corrected chi connectivity index (χ0v) is 14.7. The molecule has 0 unspecified atom stereocenters. The summed E-state index contributed by atoms with van der Waals surface area (Å²) in [7, 11) is 0. The van der Waals surface area contributed by atoms with E-state index in [4.69, 9.17) is 23.2 Å². The second-order valence-corrected chi connectivity index (χ2v) is 6.39. The van der Waals surface area contributed by atoms with Crippen LogP contribution in [0.4, 0.5) is 11.6 Å². The number of aryl methyl sites for hydroxylation is 1. The molecule has 0 bridgehead atoms. The lowest BCUT2D eigenvalue weighted by Gasteiger charge is -2.10. The van der Waals surface area contributed by atoms with Crippen molar-refractivity contribution in [2.24, 2.45) is 5.92 Å². The Kier molecular flexibility index (Phi) is 5.80. The van der Waals surface area contributed by atoms with E-state index in [1.807, 2.05) is 6.92 Å². The van der Waals surface area contributed by atoms with Gasteiger partial charge in [0.25, 0.3) is 5.91 Å². The summed E-state index contributed by atoms with van der Waals surface area (Å²) in [5, 5.41) is 6.68. The second-order valence-electron chi connectivity index (χ2n) is 5.58. The Morgan fingerprint density at radius 2 is 1.91 bits per heavy atom. The van der Waals surface area contributed by atoms with Gasteiger partial charge in [0.05, 0.1) is 10.0 Å². The van der Waals surface area contributed by atoms with Gasteiger partial charge in [-0.2, -0.15) is 0 Å². The molecule has 0 aliphatic carbocycles. The molecule has 5 nitrogen and oxygen atoms in total. The number of amides is 1. The second kappa shape index (κ2) is 7.62. The van der Waals surface area contributed by atoms with Gasteiger partial charge in [-0.1, -0.05) is 37.0 Å². The predicted octanol–water partition coefficient (Wildman–Crippen LogP) is 4.41. The highest BCUT2D eigenvalue weighted by atomic mass is 35.5. The van der Waals surface area contributed by atoms with E-state index < -0.39 is 0 Å². The SMILES string of the molecule is Cc1cc(C(=O)Nc2ccc(Cl)c(Cl)c2)nc(NCC(C)C)n1. The Hall–Kier alpha value is -1.85. The fraction of sp³-hybridized carbons (Fsp3) is 0.312. The molecule has 0 spiro atoms. The third kappa shape index (κ3) is 5.08. The van der Waals surface area contributed by atoms with E-state index >= 15 is 0 Å². The van der Waals surface area contributed by atoms with Gasteiger partial charge in [0.1, 0.15) is 5.69 Å². The quantitative estimate of drug-likeness (QED) is 0.835. The number of nitrogens with one attached hydrogen (secondary N) is 2. The van der Waals surface area contributed by atoms with Crippen molar-refractivity contribution in [2.45, 2.75) is 20.8 Å². The first-order valence-electron chi connectivity index (χ1n) is 7.21. The normalized spacial score (nSPS) is 10.7. The molecular weight excluding hydrogens is 335 g/mol. The number of rotatable bonds is 5. The minimum absolute atomic E-state index is 0.287. The van der Waals surface area contributed by atoms with Crippen molar-refractivity contribution in [2.75, 3.05) is 17.2 Å². The molecule has 1 aromatic heterocycles. The Labute approximate surface area is 145 Å². The van der Waals surface area contributed by atoms with Crippen LogP contribution in [0.1, 0.15) is 30.0 Å². The van der Waals surface area contributed by atoms with Crippen LogP contribution in [-0.2, 0) is 0 Å². The molecule has 2 N–H and O–H groups in total. The van der Waals surface area contributed by atoms with Gasteiger partial charge < -0.3 is 10.6 Å². The largest absolute Gasteiger partial charge is 0.354 e. The highest BCUT2D eigenvalue weighted by molar-refractivity contribution is 6.42. The summed E-state index contributed by atoms with van der Waals surface area (Å²) in [6.07, 6.45) is 0. The van der Waals surface area contributed by atoms with E-state index in [-0.39, 0.29) is 11.6 Å². The molecule has 0 saturated carbocycles. The number of halogens is 2. The van der Waals surface area contributed by atoms with Crippen molar-refractivity contribution in [3.63, 3.8) is 0 Å². The summed E-state index contributed by atoms with van der Waals surface area (Å²) in [6, 6.07) is 6.53. The van der Waals surface area contributed by atoms with E-state index in [2.05, 4.69) is 34.4 Å². The molecule has 2 rings (SSSR count). The van der Waals surface area contributed by atoms with Crippen LogP contribution in [0.5, 0.6) is 0 Å². The minimum Gasteiger partial charge on any atom is -0.354 e. The van der Waals surface area contributed by atoms with Crippen LogP contribution in [0.15, 0.2) is 24.3 Å². The van der Waals surface area contributed by atoms with Gasteiger partial charge in [-0.15, -0.1) is 0 Å². The molecule has 0 radical (unpaired) electrons. The first-order valence-corrected chi connectivity index (χ1v) is 7.96. The average Bonchev–Trinajstić information content (AvgIpc) is 2.48. The topological polar surface area (TPSA) is 66.9 Å². The van der Waals surface area contributed by atoms with Gasteiger partial charge in [0.15, 0.2) is 0 Å². The summed E-state index contributed by atoms with van der Waals surface area (Å²) in [6.45, 7) is 6.72. The number of carbonyl (C=O) groups excluding carboxylic acids is 1. The zero-order valence-electron chi connectivity index (χ0n) is 13.2. The van der Waals surface area contributed by atoms with Crippen LogP contribution in [0.25, 0.3) is 0 Å². The molecule has 1 aromatic carbocycles. The predicted molar refractivity (Wildman–Crippen MR) is 94.5 cm³/mol. The zero-order chi connectivity index (χ0) is 17.0. The number of hydrogen-bond donors (Lipinski definition) is 2. The van der Waals surface area contributed by atoms with Gasteiger partial charge in [-0.25, -0.2) is 9.97 Å². The molecule has 1 heterocycles. The van der Waals surface area contributed by atoms with Crippen LogP contribution >= 0.6 is 23.2 Å². The fourth-order valence-corrected chi connectivity index (χ4v) is 2.13. The Morgan fingerprint density at radius 1 is 1.17 bits per heavy atom. The minimum atomic E-state index is -0.332. The van der Waals surface area contributed by atoms with Crippen LogP contribution in [0, 0.1) is 12.8 Å². The lowest BCUT2D eigenvalue weighted by molar-refractivity contribution is 0.102. The highest BCUT2D eigenvalue weighted by Gasteiger charge is 2.12. The third-order valence-electron chi connectivity index (χ3n) is 2.93. The monoisotopic (exact) mass is 352 g/mol. The Bertz CT molecular complexity index is 719. The van der Waals surface area contributed by atoms with Crippen LogP contribution in [-0.4, -0.2) is 22.4 Å². The van der Waals surface area contributed by atoms with Crippen LogP contribution in [0.2, 0.25) is 10.0 Å². The third-order valence-corrected chi connectivity index (χ3v) is 3.67. The molecule has 0 fully saturated rings. The van der Waals surface area contributed by atoms with Gasteiger partial charge >= 0.3 is 0 Å².